The fourth-order valence-corrected chi connectivity index (χ4v) is 7.19. The molecule has 0 atom stereocenters. The minimum Gasteiger partial charge on any atom is -0.346 e. The Morgan fingerprint density at radius 1 is 1.11 bits per heavy atom. The number of sulfonamides is 1. The van der Waals surface area contributed by atoms with E-state index in [4.69, 9.17) is 5.10 Å². The maximum atomic E-state index is 12.5. The highest BCUT2D eigenvalue weighted by Gasteiger charge is 2.53. The van der Waals surface area contributed by atoms with E-state index in [9.17, 15) is 8.42 Å². The Kier molecular flexibility index (Phi) is 3.04. The van der Waals surface area contributed by atoms with E-state index in [-0.39, 0.29) is 16.2 Å². The van der Waals surface area contributed by atoms with E-state index < -0.39 is 10.0 Å². The van der Waals surface area contributed by atoms with E-state index >= 15 is 0 Å². The third-order valence-electron chi connectivity index (χ3n) is 7.18. The lowest BCUT2D eigenvalue weighted by molar-refractivity contribution is 0.0927. The molecule has 0 unspecified atom stereocenters. The molecule has 0 aliphatic heterocycles. The topological polar surface area (TPSA) is 104 Å². The van der Waals surface area contributed by atoms with Crippen LogP contribution in [0.2, 0.25) is 0 Å². The van der Waals surface area contributed by atoms with E-state index in [0.717, 1.165) is 73.6 Å². The number of hydrogen-bond donors (Lipinski definition) is 3. The highest BCUT2D eigenvalue weighted by atomic mass is 32.2. The quantitative estimate of drug-likeness (QED) is 0.642. The van der Waals surface area contributed by atoms with Crippen LogP contribution in [0.3, 0.4) is 0 Å². The standard InChI is InChI=1S/C19H23N5O2S/c25-27(26,12-1-2-12)24-19-7-4-18(5-8-19,6-9-19)16-15-13-3-10-20-17(13)21-11-14(15)22-23-16/h3,10-12,24H,1-2,4-9H2,(H,20,21)(H,22,23). The first kappa shape index (κ1) is 16.1. The van der Waals surface area contributed by atoms with Gasteiger partial charge in [0.25, 0.3) is 0 Å². The van der Waals surface area contributed by atoms with Gasteiger partial charge in [-0.1, -0.05) is 0 Å². The first-order chi connectivity index (χ1) is 13.0. The molecule has 3 aromatic heterocycles. The minimum absolute atomic E-state index is 0.0383. The molecule has 0 radical (unpaired) electrons. The monoisotopic (exact) mass is 385 g/mol. The van der Waals surface area contributed by atoms with Gasteiger partial charge in [0, 0.05) is 27.9 Å². The molecule has 0 spiro atoms. The zero-order valence-corrected chi connectivity index (χ0v) is 15.9. The van der Waals surface area contributed by atoms with Crippen molar-refractivity contribution in [1.29, 1.82) is 0 Å². The molecule has 3 heterocycles. The Hall–Kier alpha value is -1.93. The Labute approximate surface area is 157 Å². The molecule has 4 fully saturated rings. The number of pyridine rings is 1. The fraction of sp³-hybridized carbons (Fsp3) is 0.579. The van der Waals surface area contributed by atoms with Gasteiger partial charge < -0.3 is 4.98 Å². The average molecular weight is 385 g/mol. The minimum atomic E-state index is -3.15. The average Bonchev–Trinajstić information content (AvgIpc) is 3.27. The van der Waals surface area contributed by atoms with Crippen LogP contribution in [0.25, 0.3) is 21.9 Å². The summed E-state index contributed by atoms with van der Waals surface area (Å²) in [5.41, 5.74) is 2.81. The maximum Gasteiger partial charge on any atom is 0.214 e. The molecule has 4 aliphatic rings. The Morgan fingerprint density at radius 2 is 1.85 bits per heavy atom. The molecule has 4 aliphatic carbocycles. The SMILES string of the molecule is O=S(=O)(NC12CCC(c3n[nH]c4cnc5[nH]ccc5c34)(CC1)CC2)C1CC1. The Bertz CT molecular complexity index is 1130. The lowest BCUT2D eigenvalue weighted by Crippen LogP contribution is -2.58. The highest BCUT2D eigenvalue weighted by Crippen LogP contribution is 2.55. The van der Waals surface area contributed by atoms with Crippen LogP contribution >= 0.6 is 0 Å². The van der Waals surface area contributed by atoms with Crippen LogP contribution in [0.1, 0.15) is 57.1 Å². The second-order valence-corrected chi connectivity index (χ2v) is 10.7. The van der Waals surface area contributed by atoms with Gasteiger partial charge in [-0.05, 0) is 57.4 Å². The van der Waals surface area contributed by atoms with E-state index in [0.29, 0.717) is 0 Å². The van der Waals surface area contributed by atoms with Crippen LogP contribution in [0.4, 0.5) is 0 Å². The predicted molar refractivity (Wildman–Crippen MR) is 103 cm³/mol. The summed E-state index contributed by atoms with van der Waals surface area (Å²) in [6.45, 7) is 0. The van der Waals surface area contributed by atoms with Crippen molar-refractivity contribution < 1.29 is 8.42 Å². The van der Waals surface area contributed by atoms with Gasteiger partial charge in [-0.15, -0.1) is 0 Å². The number of fused-ring (bicyclic) bond motifs is 6. The molecule has 8 heteroatoms. The van der Waals surface area contributed by atoms with Crippen molar-refractivity contribution in [3.8, 4) is 0 Å². The van der Waals surface area contributed by atoms with Crippen molar-refractivity contribution in [3.05, 3.63) is 24.2 Å². The lowest BCUT2D eigenvalue weighted by atomic mass is 9.56. The largest absolute Gasteiger partial charge is 0.346 e. The van der Waals surface area contributed by atoms with Crippen LogP contribution in [-0.2, 0) is 15.4 Å². The summed E-state index contributed by atoms with van der Waals surface area (Å²) in [6.07, 6.45) is 11.0. The van der Waals surface area contributed by atoms with Gasteiger partial charge in [0.05, 0.1) is 22.7 Å². The molecule has 7 rings (SSSR count). The summed E-state index contributed by atoms with van der Waals surface area (Å²) in [5, 5.41) is 10.1. The molecular formula is C19H23N5O2S. The predicted octanol–water partition coefficient (Wildman–Crippen LogP) is 2.87. The second kappa shape index (κ2) is 5.11. The van der Waals surface area contributed by atoms with Gasteiger partial charge in [0.2, 0.25) is 10.0 Å². The van der Waals surface area contributed by atoms with Crippen molar-refractivity contribution in [2.45, 2.75) is 67.6 Å². The third-order valence-corrected chi connectivity index (χ3v) is 9.25. The number of rotatable bonds is 4. The molecule has 142 valence electrons. The summed E-state index contributed by atoms with van der Waals surface area (Å²) in [6, 6.07) is 2.07. The molecule has 0 amide bonds. The van der Waals surface area contributed by atoms with E-state index in [2.05, 4.69) is 25.9 Å². The molecule has 0 saturated heterocycles. The summed E-state index contributed by atoms with van der Waals surface area (Å²) < 4.78 is 28.1. The summed E-state index contributed by atoms with van der Waals surface area (Å²) >= 11 is 0. The van der Waals surface area contributed by atoms with Crippen LogP contribution in [0.5, 0.6) is 0 Å². The third kappa shape index (κ3) is 2.26. The first-order valence-corrected chi connectivity index (χ1v) is 11.4. The van der Waals surface area contributed by atoms with Crippen molar-refractivity contribution in [1.82, 2.24) is 24.9 Å². The van der Waals surface area contributed by atoms with Crippen LogP contribution in [0, 0.1) is 0 Å². The van der Waals surface area contributed by atoms with Crippen LogP contribution < -0.4 is 4.72 Å². The number of nitrogens with zero attached hydrogens (tertiary/aromatic N) is 2. The molecule has 3 aromatic rings. The molecule has 7 nitrogen and oxygen atoms in total. The fourth-order valence-electron chi connectivity index (χ4n) is 5.36. The van der Waals surface area contributed by atoms with E-state index in [1.807, 2.05) is 12.4 Å². The molecule has 2 bridgehead atoms. The second-order valence-electron chi connectivity index (χ2n) is 8.77. The van der Waals surface area contributed by atoms with Gasteiger partial charge in [0.1, 0.15) is 5.65 Å². The normalized spacial score (nSPS) is 31.1. The van der Waals surface area contributed by atoms with Crippen molar-refractivity contribution >= 4 is 32.0 Å². The molecule has 27 heavy (non-hydrogen) atoms. The number of hydrogen-bond acceptors (Lipinski definition) is 4. The van der Waals surface area contributed by atoms with E-state index in [1.165, 1.54) is 5.39 Å². The molecular weight excluding hydrogens is 362 g/mol. The maximum absolute atomic E-state index is 12.5. The number of aromatic amines is 2. The number of H-pyrrole nitrogens is 2. The summed E-state index contributed by atoms with van der Waals surface area (Å²) in [5.74, 6) is 0. The molecule has 3 N–H and O–H groups in total. The zero-order chi connectivity index (χ0) is 18.3. The smallest absolute Gasteiger partial charge is 0.214 e. The first-order valence-electron chi connectivity index (χ1n) is 9.84. The number of nitrogens with one attached hydrogen (secondary N) is 3. The zero-order valence-electron chi connectivity index (χ0n) is 15.1. The summed E-state index contributed by atoms with van der Waals surface area (Å²) in [4.78, 5) is 7.65. The van der Waals surface area contributed by atoms with E-state index in [1.54, 1.807) is 0 Å². The number of aromatic nitrogens is 4. The van der Waals surface area contributed by atoms with Gasteiger partial charge in [-0.2, -0.15) is 5.10 Å². The Morgan fingerprint density at radius 3 is 2.56 bits per heavy atom. The van der Waals surface area contributed by atoms with Gasteiger partial charge in [-0.25, -0.2) is 18.1 Å². The molecule has 4 saturated carbocycles. The van der Waals surface area contributed by atoms with Crippen molar-refractivity contribution in [3.63, 3.8) is 0 Å². The highest BCUT2D eigenvalue weighted by molar-refractivity contribution is 7.90. The Balaban J connectivity index is 1.37. The van der Waals surface area contributed by atoms with Crippen LogP contribution in [0.15, 0.2) is 18.5 Å². The lowest BCUT2D eigenvalue weighted by Gasteiger charge is -2.53. The van der Waals surface area contributed by atoms with Gasteiger partial charge in [0.15, 0.2) is 0 Å². The summed E-state index contributed by atoms with van der Waals surface area (Å²) in [7, 11) is -3.15. The van der Waals surface area contributed by atoms with Crippen molar-refractivity contribution in [2.24, 2.45) is 0 Å². The van der Waals surface area contributed by atoms with Gasteiger partial charge >= 0.3 is 0 Å². The van der Waals surface area contributed by atoms with Gasteiger partial charge in [-0.3, -0.25) is 5.10 Å². The van der Waals surface area contributed by atoms with Crippen LogP contribution in [-0.4, -0.2) is 39.4 Å². The molecule has 0 aromatic carbocycles. The van der Waals surface area contributed by atoms with Crippen molar-refractivity contribution in [2.75, 3.05) is 0 Å².